The Morgan fingerprint density at radius 2 is 2.23 bits per heavy atom. The van der Waals surface area contributed by atoms with Gasteiger partial charge in [-0.2, -0.15) is 5.26 Å². The number of nitriles is 1. The lowest BCUT2D eigenvalue weighted by Crippen LogP contribution is -2.00. The Hall–Kier alpha value is -1.41. The normalized spacial score (nSPS) is 10.1. The van der Waals surface area contributed by atoms with Gasteiger partial charge in [0.25, 0.3) is 6.43 Å². The number of anilines is 1. The molecule has 0 aliphatic carbocycles. The van der Waals surface area contributed by atoms with Gasteiger partial charge in [-0.05, 0) is 0 Å². The second kappa shape index (κ2) is 3.54. The lowest BCUT2D eigenvalue weighted by atomic mass is 10.2. The number of halogens is 3. The minimum Gasteiger partial charge on any atom is -0.396 e. The van der Waals surface area contributed by atoms with Crippen LogP contribution in [0.15, 0.2) is 6.20 Å². The predicted octanol–water partition coefficient (Wildman–Crippen LogP) is 2.13. The Balaban J connectivity index is 3.33. The zero-order chi connectivity index (χ0) is 10.0. The molecule has 0 atom stereocenters. The van der Waals surface area contributed by atoms with E-state index in [2.05, 4.69) is 4.98 Å². The third-order valence-corrected chi connectivity index (χ3v) is 1.82. The Labute approximate surface area is 77.7 Å². The van der Waals surface area contributed by atoms with E-state index < -0.39 is 12.1 Å². The lowest BCUT2D eigenvalue weighted by Gasteiger charge is -2.05. The van der Waals surface area contributed by atoms with Crippen molar-refractivity contribution in [3.63, 3.8) is 0 Å². The van der Waals surface area contributed by atoms with Crippen LogP contribution < -0.4 is 5.73 Å². The van der Waals surface area contributed by atoms with Crippen LogP contribution in [-0.2, 0) is 0 Å². The molecule has 68 valence electrons. The van der Waals surface area contributed by atoms with E-state index in [-0.39, 0.29) is 16.3 Å². The summed E-state index contributed by atoms with van der Waals surface area (Å²) in [7, 11) is 0. The third kappa shape index (κ3) is 1.68. The number of alkyl halides is 2. The summed E-state index contributed by atoms with van der Waals surface area (Å²) in [6.45, 7) is 0. The number of rotatable bonds is 1. The van der Waals surface area contributed by atoms with E-state index in [1.165, 1.54) is 0 Å². The van der Waals surface area contributed by atoms with Crippen LogP contribution >= 0.6 is 11.6 Å². The molecule has 1 heterocycles. The van der Waals surface area contributed by atoms with Crippen molar-refractivity contribution >= 4 is 17.3 Å². The highest BCUT2D eigenvalue weighted by Crippen LogP contribution is 2.30. The van der Waals surface area contributed by atoms with Crippen LogP contribution in [0.3, 0.4) is 0 Å². The first-order chi connectivity index (χ1) is 6.07. The summed E-state index contributed by atoms with van der Waals surface area (Å²) in [6, 6.07) is 1.68. The van der Waals surface area contributed by atoms with Gasteiger partial charge >= 0.3 is 0 Å². The molecule has 0 spiro atoms. The molecule has 0 aromatic carbocycles. The summed E-state index contributed by atoms with van der Waals surface area (Å²) in [6.07, 6.45) is -1.81. The summed E-state index contributed by atoms with van der Waals surface area (Å²) >= 11 is 5.52. The van der Waals surface area contributed by atoms with Gasteiger partial charge in [0.1, 0.15) is 11.8 Å². The van der Waals surface area contributed by atoms with E-state index in [1.807, 2.05) is 0 Å². The van der Waals surface area contributed by atoms with Crippen molar-refractivity contribution < 1.29 is 8.78 Å². The van der Waals surface area contributed by atoms with Crippen LogP contribution in [-0.4, -0.2) is 4.98 Å². The van der Waals surface area contributed by atoms with Crippen molar-refractivity contribution in [2.24, 2.45) is 0 Å². The van der Waals surface area contributed by atoms with Crippen molar-refractivity contribution in [3.05, 3.63) is 22.5 Å². The van der Waals surface area contributed by atoms with E-state index in [9.17, 15) is 8.78 Å². The number of nitrogens with zero attached hydrogens (tertiary/aromatic N) is 2. The van der Waals surface area contributed by atoms with E-state index in [0.717, 1.165) is 6.20 Å². The van der Waals surface area contributed by atoms with E-state index in [1.54, 1.807) is 6.07 Å². The van der Waals surface area contributed by atoms with Crippen LogP contribution in [0.2, 0.25) is 5.02 Å². The van der Waals surface area contributed by atoms with Gasteiger partial charge in [0.15, 0.2) is 0 Å². The zero-order valence-corrected chi connectivity index (χ0v) is 7.02. The van der Waals surface area contributed by atoms with Crippen molar-refractivity contribution in [2.45, 2.75) is 6.43 Å². The van der Waals surface area contributed by atoms with Gasteiger partial charge in [-0.3, -0.25) is 4.98 Å². The number of pyridine rings is 1. The number of hydrogen-bond acceptors (Lipinski definition) is 3. The molecule has 0 unspecified atom stereocenters. The Morgan fingerprint density at radius 3 is 2.69 bits per heavy atom. The summed E-state index contributed by atoms with van der Waals surface area (Å²) in [5.41, 5.74) is 4.29. The maximum Gasteiger partial charge on any atom is 0.282 e. The first kappa shape index (κ1) is 9.68. The van der Waals surface area contributed by atoms with Crippen molar-refractivity contribution in [2.75, 3.05) is 5.73 Å². The molecule has 6 heteroatoms. The highest BCUT2D eigenvalue weighted by molar-refractivity contribution is 6.34. The van der Waals surface area contributed by atoms with E-state index in [4.69, 9.17) is 22.6 Å². The lowest BCUT2D eigenvalue weighted by molar-refractivity contribution is 0.147. The molecule has 2 N–H and O–H groups in total. The molecular formula is C7H4ClF2N3. The van der Waals surface area contributed by atoms with E-state index >= 15 is 0 Å². The molecule has 0 fully saturated rings. The average molecular weight is 204 g/mol. The fourth-order valence-corrected chi connectivity index (χ4v) is 0.958. The second-order valence-corrected chi connectivity index (χ2v) is 2.58. The molecule has 0 saturated carbocycles. The molecule has 0 saturated heterocycles. The summed E-state index contributed by atoms with van der Waals surface area (Å²) in [5.74, 6) is 0. The molecule has 13 heavy (non-hydrogen) atoms. The Kier molecular flexibility index (Phi) is 2.63. The number of nitrogen functional groups attached to an aromatic ring is 1. The molecule has 0 aliphatic rings. The highest BCUT2D eigenvalue weighted by Gasteiger charge is 2.17. The third-order valence-electron chi connectivity index (χ3n) is 1.41. The fraction of sp³-hybridized carbons (Fsp3) is 0.143. The minimum atomic E-state index is -2.79. The van der Waals surface area contributed by atoms with Gasteiger partial charge in [-0.15, -0.1) is 0 Å². The largest absolute Gasteiger partial charge is 0.396 e. The fourth-order valence-electron chi connectivity index (χ4n) is 0.770. The van der Waals surface area contributed by atoms with Crippen molar-refractivity contribution in [1.29, 1.82) is 5.26 Å². The van der Waals surface area contributed by atoms with Crippen molar-refractivity contribution in [1.82, 2.24) is 4.98 Å². The average Bonchev–Trinajstić information content (AvgIpc) is 2.09. The number of nitrogens with two attached hydrogens (primary N) is 1. The van der Waals surface area contributed by atoms with Gasteiger partial charge in [0, 0.05) is 6.20 Å². The van der Waals surface area contributed by atoms with Crippen LogP contribution in [0.5, 0.6) is 0 Å². The minimum absolute atomic E-state index is 0.0106. The summed E-state index contributed by atoms with van der Waals surface area (Å²) in [4.78, 5) is 3.33. The molecule has 0 aliphatic heterocycles. The molecule has 0 radical (unpaired) electrons. The van der Waals surface area contributed by atoms with Crippen LogP contribution in [0.25, 0.3) is 0 Å². The second-order valence-electron chi connectivity index (χ2n) is 2.20. The molecule has 1 rings (SSSR count). The maximum absolute atomic E-state index is 12.2. The predicted molar refractivity (Wildman–Crippen MR) is 43.3 cm³/mol. The SMILES string of the molecule is N#Cc1cnc(C(F)F)c(N)c1Cl. The first-order valence-electron chi connectivity index (χ1n) is 3.20. The van der Waals surface area contributed by atoms with Crippen LogP contribution in [0, 0.1) is 11.3 Å². The highest BCUT2D eigenvalue weighted by atomic mass is 35.5. The van der Waals surface area contributed by atoms with E-state index in [0.29, 0.717) is 0 Å². The van der Waals surface area contributed by atoms with Crippen LogP contribution in [0.4, 0.5) is 14.5 Å². The Bertz CT molecular complexity index is 373. The van der Waals surface area contributed by atoms with Crippen molar-refractivity contribution in [3.8, 4) is 6.07 Å². The molecule has 3 nitrogen and oxygen atoms in total. The Morgan fingerprint density at radius 1 is 1.62 bits per heavy atom. The van der Waals surface area contributed by atoms with Gasteiger partial charge in [0.05, 0.1) is 16.3 Å². The van der Waals surface area contributed by atoms with Gasteiger partial charge in [-0.1, -0.05) is 11.6 Å². The monoisotopic (exact) mass is 203 g/mol. The number of hydrogen-bond donors (Lipinski definition) is 1. The zero-order valence-electron chi connectivity index (χ0n) is 6.26. The number of aromatic nitrogens is 1. The first-order valence-corrected chi connectivity index (χ1v) is 3.57. The molecule has 0 bridgehead atoms. The maximum atomic E-state index is 12.2. The van der Waals surface area contributed by atoms with Gasteiger partial charge in [0.2, 0.25) is 0 Å². The molecule has 1 aromatic rings. The molecular weight excluding hydrogens is 200 g/mol. The molecule has 1 aromatic heterocycles. The topological polar surface area (TPSA) is 62.7 Å². The smallest absolute Gasteiger partial charge is 0.282 e. The van der Waals surface area contributed by atoms with Gasteiger partial charge < -0.3 is 5.73 Å². The van der Waals surface area contributed by atoms with Gasteiger partial charge in [-0.25, -0.2) is 8.78 Å². The summed E-state index contributed by atoms with van der Waals surface area (Å²) in [5, 5.41) is 8.28. The quantitative estimate of drug-likeness (QED) is 0.761. The standard InChI is InChI=1S/C7H4ClF2N3/c8-4-3(1-11)2-13-6(5(4)12)7(9)10/h2,7H,12H2. The summed E-state index contributed by atoms with van der Waals surface area (Å²) < 4.78 is 24.3. The molecule has 0 amide bonds. The van der Waals surface area contributed by atoms with Crippen LogP contribution in [0.1, 0.15) is 17.7 Å².